The molecular formula is C12H15Br2NO3S. The molecule has 1 saturated heterocycles. The number of halogens is 2. The van der Waals surface area contributed by atoms with Gasteiger partial charge in [-0.3, -0.25) is 0 Å². The highest BCUT2D eigenvalue weighted by Crippen LogP contribution is 2.29. The molecule has 0 aromatic heterocycles. The Hall–Kier alpha value is 0.0500. The lowest BCUT2D eigenvalue weighted by Crippen LogP contribution is -2.48. The SMILES string of the molecule is CC1CN(S(=O)(=O)c2cc(Br)ccc2Br)CC(C)O1. The number of hydrogen-bond acceptors (Lipinski definition) is 3. The molecule has 1 heterocycles. The van der Waals surface area contributed by atoms with E-state index < -0.39 is 10.0 Å². The summed E-state index contributed by atoms with van der Waals surface area (Å²) in [6.07, 6.45) is -0.186. The van der Waals surface area contributed by atoms with Crippen LogP contribution in [0.2, 0.25) is 0 Å². The van der Waals surface area contributed by atoms with Gasteiger partial charge in [0.05, 0.1) is 17.1 Å². The second kappa shape index (κ2) is 5.81. The Morgan fingerprint density at radius 3 is 2.37 bits per heavy atom. The van der Waals surface area contributed by atoms with Gasteiger partial charge in [-0.15, -0.1) is 0 Å². The zero-order valence-corrected chi connectivity index (χ0v) is 14.6. The Balaban J connectivity index is 2.39. The summed E-state index contributed by atoms with van der Waals surface area (Å²) >= 11 is 6.61. The highest BCUT2D eigenvalue weighted by molar-refractivity contribution is 9.11. The maximum Gasteiger partial charge on any atom is 0.244 e. The monoisotopic (exact) mass is 411 g/mol. The van der Waals surface area contributed by atoms with Crippen molar-refractivity contribution in [3.8, 4) is 0 Å². The van der Waals surface area contributed by atoms with Crippen molar-refractivity contribution in [2.75, 3.05) is 13.1 Å². The van der Waals surface area contributed by atoms with Crippen molar-refractivity contribution in [3.05, 3.63) is 27.1 Å². The number of sulfonamides is 1. The normalized spacial score (nSPS) is 25.5. The van der Waals surface area contributed by atoms with Crippen LogP contribution >= 0.6 is 31.9 Å². The van der Waals surface area contributed by atoms with Gasteiger partial charge < -0.3 is 4.74 Å². The molecule has 0 spiro atoms. The van der Waals surface area contributed by atoms with Crippen molar-refractivity contribution >= 4 is 41.9 Å². The van der Waals surface area contributed by atoms with E-state index >= 15 is 0 Å². The Morgan fingerprint density at radius 2 is 1.79 bits per heavy atom. The fourth-order valence-corrected chi connectivity index (χ4v) is 5.19. The zero-order valence-electron chi connectivity index (χ0n) is 10.6. The van der Waals surface area contributed by atoms with Gasteiger partial charge >= 0.3 is 0 Å². The standard InChI is InChI=1S/C12H15Br2NO3S/c1-8-6-15(7-9(2)18-8)19(16,17)12-5-10(13)3-4-11(12)14/h3-5,8-9H,6-7H2,1-2H3. The molecule has 1 fully saturated rings. The highest BCUT2D eigenvalue weighted by atomic mass is 79.9. The smallest absolute Gasteiger partial charge is 0.244 e. The topological polar surface area (TPSA) is 46.6 Å². The van der Waals surface area contributed by atoms with Crippen molar-refractivity contribution in [3.63, 3.8) is 0 Å². The van der Waals surface area contributed by atoms with Gasteiger partial charge in [0.25, 0.3) is 0 Å². The zero-order chi connectivity index (χ0) is 14.2. The molecule has 106 valence electrons. The molecule has 1 aliphatic rings. The van der Waals surface area contributed by atoms with E-state index in [0.29, 0.717) is 17.6 Å². The largest absolute Gasteiger partial charge is 0.373 e. The fraction of sp³-hybridized carbons (Fsp3) is 0.500. The Morgan fingerprint density at radius 1 is 1.21 bits per heavy atom. The molecule has 7 heteroatoms. The first-order valence-corrected chi connectivity index (χ1v) is 8.94. The first-order valence-electron chi connectivity index (χ1n) is 5.91. The van der Waals surface area contributed by atoms with Crippen molar-refractivity contribution in [1.82, 2.24) is 4.31 Å². The number of rotatable bonds is 2. The predicted molar refractivity (Wildman–Crippen MR) is 80.6 cm³/mol. The van der Waals surface area contributed by atoms with Crippen LogP contribution in [0, 0.1) is 0 Å². The molecule has 1 aromatic carbocycles. The predicted octanol–water partition coefficient (Wildman–Crippen LogP) is 3.01. The molecule has 2 atom stereocenters. The number of ether oxygens (including phenoxy) is 1. The van der Waals surface area contributed by atoms with Crippen LogP contribution in [0.15, 0.2) is 32.0 Å². The molecule has 19 heavy (non-hydrogen) atoms. The van der Waals surface area contributed by atoms with Crippen molar-refractivity contribution in [2.45, 2.75) is 31.0 Å². The van der Waals surface area contributed by atoms with Crippen LogP contribution in [0.25, 0.3) is 0 Å². The quantitative estimate of drug-likeness (QED) is 0.749. The molecule has 1 aliphatic heterocycles. The fourth-order valence-electron chi connectivity index (χ4n) is 2.14. The van der Waals surface area contributed by atoms with Crippen molar-refractivity contribution in [1.29, 1.82) is 0 Å². The Bertz CT molecular complexity index is 566. The van der Waals surface area contributed by atoms with Crippen molar-refractivity contribution < 1.29 is 13.2 Å². The van der Waals surface area contributed by atoms with Crippen molar-refractivity contribution in [2.24, 2.45) is 0 Å². The van der Waals surface area contributed by atoms with Gasteiger partial charge in [-0.2, -0.15) is 4.31 Å². The summed E-state index contributed by atoms with van der Waals surface area (Å²) in [6.45, 7) is 4.53. The average Bonchev–Trinajstić information content (AvgIpc) is 2.31. The van der Waals surface area contributed by atoms with E-state index in [1.807, 2.05) is 13.8 Å². The van der Waals surface area contributed by atoms with Gasteiger partial charge in [-0.25, -0.2) is 8.42 Å². The molecule has 1 aromatic rings. The molecular weight excluding hydrogens is 398 g/mol. The van der Waals surface area contributed by atoms with E-state index in [2.05, 4.69) is 31.9 Å². The molecule has 0 saturated carbocycles. The Kier molecular flexibility index (Phi) is 4.72. The third-order valence-corrected chi connectivity index (χ3v) is 6.22. The highest BCUT2D eigenvalue weighted by Gasteiger charge is 2.33. The molecule has 0 amide bonds. The summed E-state index contributed by atoms with van der Waals surface area (Å²) < 4.78 is 33.7. The minimum Gasteiger partial charge on any atom is -0.373 e. The summed E-state index contributed by atoms with van der Waals surface area (Å²) in [5, 5.41) is 0. The number of nitrogens with zero attached hydrogens (tertiary/aromatic N) is 1. The Labute approximate surface area is 130 Å². The van der Waals surface area contributed by atoms with Crippen LogP contribution in [0.5, 0.6) is 0 Å². The number of hydrogen-bond donors (Lipinski definition) is 0. The van der Waals surface area contributed by atoms with E-state index in [1.165, 1.54) is 4.31 Å². The lowest BCUT2D eigenvalue weighted by atomic mass is 10.3. The average molecular weight is 413 g/mol. The van der Waals surface area contributed by atoms with Crippen LogP contribution in [-0.2, 0) is 14.8 Å². The van der Waals surface area contributed by atoms with Gasteiger partial charge in [-0.1, -0.05) is 15.9 Å². The van der Waals surface area contributed by atoms with Crippen LogP contribution in [-0.4, -0.2) is 38.0 Å². The summed E-state index contributed by atoms with van der Waals surface area (Å²) in [6, 6.07) is 5.14. The first-order chi connectivity index (χ1) is 8.80. The molecule has 4 nitrogen and oxygen atoms in total. The van der Waals surface area contributed by atoms with E-state index in [1.54, 1.807) is 18.2 Å². The third kappa shape index (κ3) is 3.39. The molecule has 0 N–H and O–H groups in total. The van der Waals surface area contributed by atoms with Crippen LogP contribution in [0.4, 0.5) is 0 Å². The summed E-state index contributed by atoms with van der Waals surface area (Å²) in [7, 11) is -3.50. The van der Waals surface area contributed by atoms with Gasteiger partial charge in [0.15, 0.2) is 0 Å². The van der Waals surface area contributed by atoms with E-state index in [4.69, 9.17) is 4.74 Å². The molecule has 0 bridgehead atoms. The number of benzene rings is 1. The van der Waals surface area contributed by atoms with Crippen LogP contribution in [0.1, 0.15) is 13.8 Å². The summed E-state index contributed by atoms with van der Waals surface area (Å²) in [4.78, 5) is 0.281. The third-order valence-electron chi connectivity index (χ3n) is 2.90. The molecule has 0 aliphatic carbocycles. The van der Waals surface area contributed by atoms with Crippen LogP contribution < -0.4 is 0 Å². The summed E-state index contributed by atoms with van der Waals surface area (Å²) in [5.41, 5.74) is 0. The second-order valence-electron chi connectivity index (χ2n) is 4.65. The minimum atomic E-state index is -3.50. The van der Waals surface area contributed by atoms with E-state index in [-0.39, 0.29) is 17.1 Å². The van der Waals surface area contributed by atoms with Crippen LogP contribution in [0.3, 0.4) is 0 Å². The maximum atomic E-state index is 12.7. The van der Waals surface area contributed by atoms with E-state index in [0.717, 1.165) is 4.47 Å². The minimum absolute atomic E-state index is 0.0931. The second-order valence-corrected chi connectivity index (χ2v) is 8.33. The first kappa shape index (κ1) is 15.4. The van der Waals surface area contributed by atoms with Gasteiger partial charge in [-0.05, 0) is 48.0 Å². The molecule has 2 rings (SSSR count). The number of morpholine rings is 1. The maximum absolute atomic E-state index is 12.7. The van der Waals surface area contributed by atoms with Gasteiger partial charge in [0.2, 0.25) is 10.0 Å². The van der Waals surface area contributed by atoms with E-state index in [9.17, 15) is 8.42 Å². The summed E-state index contributed by atoms with van der Waals surface area (Å²) in [5.74, 6) is 0. The molecule has 0 radical (unpaired) electrons. The molecule has 2 unspecified atom stereocenters. The lowest BCUT2D eigenvalue weighted by Gasteiger charge is -2.34. The lowest BCUT2D eigenvalue weighted by molar-refractivity contribution is -0.0440. The van der Waals surface area contributed by atoms with Gasteiger partial charge in [0, 0.05) is 22.0 Å². The van der Waals surface area contributed by atoms with Gasteiger partial charge in [0.1, 0.15) is 0 Å².